The highest BCUT2D eigenvalue weighted by molar-refractivity contribution is 9.10. The van der Waals surface area contributed by atoms with E-state index in [0.717, 1.165) is 45.3 Å². The lowest BCUT2D eigenvalue weighted by atomic mass is 9.81. The van der Waals surface area contributed by atoms with Gasteiger partial charge in [0.25, 0.3) is 5.91 Å². The number of fused-ring (bicyclic) bond motifs is 2. The second kappa shape index (κ2) is 6.71. The quantitative estimate of drug-likeness (QED) is 0.743. The van der Waals surface area contributed by atoms with E-state index in [1.54, 1.807) is 7.11 Å². The molecule has 0 radical (unpaired) electrons. The average molecular weight is 416 g/mol. The maximum Gasteiger partial charge on any atom is 0.255 e. The van der Waals surface area contributed by atoms with Crippen molar-refractivity contribution in [2.24, 2.45) is 0 Å². The predicted molar refractivity (Wildman–Crippen MR) is 103 cm³/mol. The van der Waals surface area contributed by atoms with Gasteiger partial charge in [0.1, 0.15) is 5.75 Å². The van der Waals surface area contributed by atoms with Crippen LogP contribution in [-0.4, -0.2) is 31.1 Å². The molecular formula is C21H22BrNO3. The van der Waals surface area contributed by atoms with Gasteiger partial charge in [0.05, 0.1) is 12.6 Å². The summed E-state index contributed by atoms with van der Waals surface area (Å²) in [6, 6.07) is 12.1. The molecule has 2 aliphatic heterocycles. The number of halogens is 1. The summed E-state index contributed by atoms with van der Waals surface area (Å²) in [4.78, 5) is 15.4. The lowest BCUT2D eigenvalue weighted by molar-refractivity contribution is -0.0179. The zero-order valence-electron chi connectivity index (χ0n) is 15.0. The highest BCUT2D eigenvalue weighted by atomic mass is 79.9. The van der Waals surface area contributed by atoms with E-state index in [1.807, 2.05) is 37.3 Å². The molecule has 0 saturated carbocycles. The SMILES string of the molecule is COc1ccc(CN2C(=O)c3c(C)cc(Br)cc3C23CCOCC3)cc1. The molecule has 2 aromatic carbocycles. The molecule has 5 heteroatoms. The molecule has 2 aromatic rings. The first-order valence-corrected chi connectivity index (χ1v) is 9.68. The molecule has 4 rings (SSSR count). The Balaban J connectivity index is 1.77. The van der Waals surface area contributed by atoms with Crippen LogP contribution in [0.3, 0.4) is 0 Å². The smallest absolute Gasteiger partial charge is 0.255 e. The fourth-order valence-electron chi connectivity index (χ4n) is 4.25. The predicted octanol–water partition coefficient (Wildman–Crippen LogP) is 4.43. The van der Waals surface area contributed by atoms with E-state index >= 15 is 0 Å². The Morgan fingerprint density at radius 3 is 2.54 bits per heavy atom. The lowest BCUT2D eigenvalue weighted by Crippen LogP contribution is -2.47. The Bertz CT molecular complexity index is 841. The van der Waals surface area contributed by atoms with Crippen LogP contribution in [0.5, 0.6) is 5.75 Å². The maximum atomic E-state index is 13.4. The van der Waals surface area contributed by atoms with Crippen LogP contribution in [0, 0.1) is 6.92 Å². The molecule has 2 heterocycles. The third-order valence-electron chi connectivity index (χ3n) is 5.60. The summed E-state index contributed by atoms with van der Waals surface area (Å²) in [6.45, 7) is 3.97. The van der Waals surface area contributed by atoms with Crippen molar-refractivity contribution in [3.05, 3.63) is 63.1 Å². The van der Waals surface area contributed by atoms with Crippen LogP contribution in [0.2, 0.25) is 0 Å². The van der Waals surface area contributed by atoms with Crippen LogP contribution >= 0.6 is 15.9 Å². The van der Waals surface area contributed by atoms with Crippen LogP contribution < -0.4 is 4.74 Å². The van der Waals surface area contributed by atoms with Gasteiger partial charge in [-0.05, 0) is 60.7 Å². The van der Waals surface area contributed by atoms with Crippen LogP contribution in [0.1, 0.15) is 39.9 Å². The van der Waals surface area contributed by atoms with Crippen molar-refractivity contribution < 1.29 is 14.3 Å². The molecule has 0 bridgehead atoms. The van der Waals surface area contributed by atoms with Gasteiger partial charge in [-0.2, -0.15) is 0 Å². The van der Waals surface area contributed by atoms with Crippen LogP contribution in [0.25, 0.3) is 0 Å². The topological polar surface area (TPSA) is 38.8 Å². The van der Waals surface area contributed by atoms with Crippen molar-refractivity contribution in [3.63, 3.8) is 0 Å². The van der Waals surface area contributed by atoms with E-state index in [1.165, 1.54) is 0 Å². The van der Waals surface area contributed by atoms with Crippen LogP contribution in [-0.2, 0) is 16.8 Å². The molecule has 0 N–H and O–H groups in total. The minimum absolute atomic E-state index is 0.128. The summed E-state index contributed by atoms with van der Waals surface area (Å²) < 4.78 is 11.9. The number of rotatable bonds is 3. The normalized spacial score (nSPS) is 18.3. The Labute approximate surface area is 162 Å². The first-order valence-electron chi connectivity index (χ1n) is 8.88. The highest BCUT2D eigenvalue weighted by Crippen LogP contribution is 2.48. The van der Waals surface area contributed by atoms with Gasteiger partial charge >= 0.3 is 0 Å². The molecule has 26 heavy (non-hydrogen) atoms. The number of benzene rings is 2. The van der Waals surface area contributed by atoms with Gasteiger partial charge in [0.15, 0.2) is 0 Å². The van der Waals surface area contributed by atoms with E-state index < -0.39 is 0 Å². The standard InChI is InChI=1S/C21H22BrNO3/c1-14-11-16(22)12-18-19(14)20(24)23(21(18)7-9-26-10-8-21)13-15-3-5-17(25-2)6-4-15/h3-6,11-12H,7-10,13H2,1-2H3. The zero-order chi connectivity index (χ0) is 18.3. The molecule has 1 amide bonds. The van der Waals surface area contributed by atoms with Crippen LogP contribution in [0.15, 0.2) is 40.9 Å². The zero-order valence-corrected chi connectivity index (χ0v) is 16.6. The molecule has 136 valence electrons. The van der Waals surface area contributed by atoms with Crippen molar-refractivity contribution >= 4 is 21.8 Å². The average Bonchev–Trinajstić information content (AvgIpc) is 2.86. The Kier molecular flexibility index (Phi) is 4.53. The maximum absolute atomic E-state index is 13.4. The second-order valence-corrected chi connectivity index (χ2v) is 7.94. The van der Waals surface area contributed by atoms with Gasteiger partial charge < -0.3 is 14.4 Å². The fraction of sp³-hybridized carbons (Fsp3) is 0.381. The summed E-state index contributed by atoms with van der Waals surface area (Å²) in [5.41, 5.74) is 3.87. The van der Waals surface area contributed by atoms with Crippen molar-refractivity contribution in [3.8, 4) is 5.75 Å². The molecule has 0 aliphatic carbocycles. The lowest BCUT2D eigenvalue weighted by Gasteiger charge is -2.42. The van der Waals surface area contributed by atoms with Crippen molar-refractivity contribution in [2.75, 3.05) is 20.3 Å². The Morgan fingerprint density at radius 2 is 1.88 bits per heavy atom. The van der Waals surface area contributed by atoms with Gasteiger partial charge in [-0.3, -0.25) is 4.79 Å². The number of carbonyl (C=O) groups excluding carboxylic acids is 1. The van der Waals surface area contributed by atoms with Gasteiger partial charge in [-0.15, -0.1) is 0 Å². The molecule has 2 aliphatic rings. The molecular weight excluding hydrogens is 394 g/mol. The third-order valence-corrected chi connectivity index (χ3v) is 6.05. The van der Waals surface area contributed by atoms with E-state index in [4.69, 9.17) is 9.47 Å². The van der Waals surface area contributed by atoms with E-state index in [0.29, 0.717) is 19.8 Å². The molecule has 1 fully saturated rings. The van der Waals surface area contributed by atoms with Crippen molar-refractivity contribution in [2.45, 2.75) is 31.8 Å². The van der Waals surface area contributed by atoms with E-state index in [-0.39, 0.29) is 11.4 Å². The summed E-state index contributed by atoms with van der Waals surface area (Å²) in [6.07, 6.45) is 1.66. The third kappa shape index (κ3) is 2.74. The summed E-state index contributed by atoms with van der Waals surface area (Å²) in [5.74, 6) is 0.952. The fourth-order valence-corrected chi connectivity index (χ4v) is 4.83. The number of ether oxygens (including phenoxy) is 2. The minimum Gasteiger partial charge on any atom is -0.497 e. The minimum atomic E-state index is -0.279. The number of amides is 1. The van der Waals surface area contributed by atoms with Gasteiger partial charge in [-0.1, -0.05) is 28.1 Å². The number of methoxy groups -OCH3 is 1. The second-order valence-electron chi connectivity index (χ2n) is 7.03. The summed E-state index contributed by atoms with van der Waals surface area (Å²) in [7, 11) is 1.66. The molecule has 0 aromatic heterocycles. The van der Waals surface area contributed by atoms with Crippen molar-refractivity contribution in [1.29, 1.82) is 0 Å². The Morgan fingerprint density at radius 1 is 1.19 bits per heavy atom. The van der Waals surface area contributed by atoms with Crippen LogP contribution in [0.4, 0.5) is 0 Å². The first kappa shape index (κ1) is 17.6. The van der Waals surface area contributed by atoms with E-state index in [9.17, 15) is 4.79 Å². The number of nitrogens with zero attached hydrogens (tertiary/aromatic N) is 1. The summed E-state index contributed by atoms with van der Waals surface area (Å²) >= 11 is 3.61. The summed E-state index contributed by atoms with van der Waals surface area (Å²) in [5, 5.41) is 0. The van der Waals surface area contributed by atoms with Gasteiger partial charge in [0.2, 0.25) is 0 Å². The van der Waals surface area contributed by atoms with Crippen molar-refractivity contribution in [1.82, 2.24) is 4.90 Å². The largest absolute Gasteiger partial charge is 0.497 e. The van der Waals surface area contributed by atoms with E-state index in [2.05, 4.69) is 26.9 Å². The van der Waals surface area contributed by atoms with Gasteiger partial charge in [0, 0.05) is 29.8 Å². The number of carbonyl (C=O) groups is 1. The Hall–Kier alpha value is -1.85. The molecule has 0 atom stereocenters. The molecule has 4 nitrogen and oxygen atoms in total. The first-order chi connectivity index (χ1) is 12.5. The monoisotopic (exact) mass is 415 g/mol. The molecule has 1 spiro atoms. The number of aryl methyl sites for hydroxylation is 1. The number of hydrogen-bond acceptors (Lipinski definition) is 3. The highest BCUT2D eigenvalue weighted by Gasteiger charge is 2.50. The molecule has 0 unspecified atom stereocenters. The van der Waals surface area contributed by atoms with Gasteiger partial charge in [-0.25, -0.2) is 0 Å². The number of hydrogen-bond donors (Lipinski definition) is 0. The molecule has 1 saturated heterocycles.